The first-order valence-corrected chi connectivity index (χ1v) is 13.6. The summed E-state index contributed by atoms with van der Waals surface area (Å²) in [4.78, 5) is 21.1. The maximum Gasteiger partial charge on any atom is 0.389 e. The minimum atomic E-state index is -4.23. The molecule has 3 aliphatic rings. The van der Waals surface area contributed by atoms with Gasteiger partial charge in [0.2, 0.25) is 5.88 Å². The lowest BCUT2D eigenvalue weighted by Crippen LogP contribution is -2.50. The van der Waals surface area contributed by atoms with Gasteiger partial charge in [-0.1, -0.05) is 6.07 Å². The predicted octanol–water partition coefficient (Wildman–Crippen LogP) is 4.23. The van der Waals surface area contributed by atoms with Crippen LogP contribution in [0.25, 0.3) is 11.1 Å². The number of likely N-dealkylation sites (tertiary alicyclic amines) is 1. The molecule has 0 radical (unpaired) electrons. The van der Waals surface area contributed by atoms with Gasteiger partial charge in [-0.25, -0.2) is 4.79 Å². The maximum absolute atomic E-state index is 12.9. The van der Waals surface area contributed by atoms with Crippen LogP contribution in [0.2, 0.25) is 0 Å². The number of ether oxygens (including phenoxy) is 3. The number of benzene rings is 1. The summed E-state index contributed by atoms with van der Waals surface area (Å²) in [7, 11) is 0. The number of amides is 2. The van der Waals surface area contributed by atoms with E-state index in [2.05, 4.69) is 10.2 Å². The molecule has 1 aromatic heterocycles. The number of pyridine rings is 1. The number of morpholine rings is 1. The Morgan fingerprint density at radius 2 is 1.95 bits per heavy atom. The van der Waals surface area contributed by atoms with Crippen molar-refractivity contribution in [1.82, 2.24) is 9.88 Å². The molecule has 0 unspecified atom stereocenters. The molecule has 1 atom stereocenters. The zero-order valence-corrected chi connectivity index (χ0v) is 22.5. The fourth-order valence-corrected chi connectivity index (χ4v) is 5.23. The second-order valence-electron chi connectivity index (χ2n) is 10.8. The summed E-state index contributed by atoms with van der Waals surface area (Å²) >= 11 is 0. The number of hydrogen-bond acceptors (Lipinski definition) is 7. The lowest BCUT2D eigenvalue weighted by molar-refractivity contribution is -0.184. The highest BCUT2D eigenvalue weighted by atomic mass is 19.4. The third-order valence-corrected chi connectivity index (χ3v) is 7.58. The van der Waals surface area contributed by atoms with Crippen LogP contribution in [0.15, 0.2) is 30.3 Å². The number of aliphatic hydroxyl groups is 1. The summed E-state index contributed by atoms with van der Waals surface area (Å²) in [6.45, 7) is 5.76. The molecule has 0 saturated carbocycles. The number of carbonyl (C=O) groups excluding carboxylic acids is 1. The zero-order chi connectivity index (χ0) is 28.3. The highest BCUT2D eigenvalue weighted by molar-refractivity contribution is 5.90. The fraction of sp³-hybridized carbons (Fsp3) is 0.571. The molecule has 2 aromatic rings. The van der Waals surface area contributed by atoms with Crippen molar-refractivity contribution in [3.05, 3.63) is 35.9 Å². The van der Waals surface area contributed by atoms with Gasteiger partial charge in [0.05, 0.1) is 33.0 Å². The Bertz CT molecular complexity index is 1200. The number of urea groups is 1. The molecule has 2 N–H and O–H groups in total. The summed E-state index contributed by atoms with van der Waals surface area (Å²) in [5.74, 6) is 0.582. The minimum absolute atomic E-state index is 0.0826. The lowest BCUT2D eigenvalue weighted by Gasteiger charge is -2.36. The number of carbonyl (C=O) groups is 1. The summed E-state index contributed by atoms with van der Waals surface area (Å²) < 4.78 is 54.9. The monoisotopic (exact) mass is 564 g/mol. The molecule has 0 aliphatic carbocycles. The Morgan fingerprint density at radius 3 is 2.65 bits per heavy atom. The number of nitrogens with zero attached hydrogens (tertiary/aromatic N) is 3. The first kappa shape index (κ1) is 28.4. The highest BCUT2D eigenvalue weighted by Crippen LogP contribution is 2.34. The molecule has 4 heterocycles. The third kappa shape index (κ3) is 7.15. The first-order chi connectivity index (χ1) is 19.1. The molecule has 12 heteroatoms. The van der Waals surface area contributed by atoms with Crippen molar-refractivity contribution in [2.75, 3.05) is 69.4 Å². The summed E-state index contributed by atoms with van der Waals surface area (Å²) in [6.07, 6.45) is -4.36. The van der Waals surface area contributed by atoms with Crippen LogP contribution >= 0.6 is 0 Å². The molecule has 218 valence electrons. The molecule has 3 fully saturated rings. The van der Waals surface area contributed by atoms with Crippen LogP contribution < -0.4 is 15.0 Å². The number of halogens is 3. The van der Waals surface area contributed by atoms with E-state index in [0.717, 1.165) is 22.5 Å². The van der Waals surface area contributed by atoms with Crippen LogP contribution in [0, 0.1) is 12.8 Å². The van der Waals surface area contributed by atoms with Crippen molar-refractivity contribution in [2.24, 2.45) is 5.92 Å². The number of anilines is 2. The Morgan fingerprint density at radius 1 is 1.18 bits per heavy atom. The van der Waals surface area contributed by atoms with Crippen LogP contribution in [0.5, 0.6) is 5.88 Å². The average molecular weight is 565 g/mol. The number of alkyl halides is 3. The quantitative estimate of drug-likeness (QED) is 0.496. The SMILES string of the molecule is Cc1ccc(NC(=O)N2CC[C@@H](CC(F)(F)F)C2)cc1-c1cc(OCCC2(O)COC2)nc(N2CCOCC2)c1. The van der Waals surface area contributed by atoms with E-state index in [1.807, 2.05) is 31.2 Å². The number of aryl methyl sites for hydroxylation is 1. The van der Waals surface area contributed by atoms with E-state index >= 15 is 0 Å². The van der Waals surface area contributed by atoms with E-state index in [9.17, 15) is 23.1 Å². The number of nitrogens with one attached hydrogen (secondary N) is 1. The molecule has 3 aliphatic heterocycles. The summed E-state index contributed by atoms with van der Waals surface area (Å²) in [5.41, 5.74) is 2.36. The molecule has 9 nitrogen and oxygen atoms in total. The van der Waals surface area contributed by atoms with Crippen molar-refractivity contribution < 1.29 is 37.3 Å². The zero-order valence-electron chi connectivity index (χ0n) is 22.5. The topological polar surface area (TPSA) is 96.4 Å². The van der Waals surface area contributed by atoms with Gasteiger partial charge in [0, 0.05) is 50.8 Å². The fourth-order valence-electron chi connectivity index (χ4n) is 5.23. The van der Waals surface area contributed by atoms with Gasteiger partial charge in [-0.2, -0.15) is 18.2 Å². The van der Waals surface area contributed by atoms with Crippen LogP contribution in [0.1, 0.15) is 24.8 Å². The average Bonchev–Trinajstić information content (AvgIpc) is 3.36. The van der Waals surface area contributed by atoms with Gasteiger partial charge in [0.25, 0.3) is 0 Å². The van der Waals surface area contributed by atoms with E-state index in [1.165, 1.54) is 4.90 Å². The second-order valence-corrected chi connectivity index (χ2v) is 10.8. The molecule has 40 heavy (non-hydrogen) atoms. The highest BCUT2D eigenvalue weighted by Gasteiger charge is 2.37. The largest absolute Gasteiger partial charge is 0.477 e. The molecule has 5 rings (SSSR count). The molecule has 1 aromatic carbocycles. The summed E-state index contributed by atoms with van der Waals surface area (Å²) in [6, 6.07) is 8.92. The Kier molecular flexibility index (Phi) is 8.39. The maximum atomic E-state index is 12.9. The van der Waals surface area contributed by atoms with E-state index in [-0.39, 0.29) is 13.2 Å². The van der Waals surface area contributed by atoms with E-state index < -0.39 is 30.1 Å². The van der Waals surface area contributed by atoms with Crippen LogP contribution in [-0.4, -0.2) is 92.0 Å². The van der Waals surface area contributed by atoms with Crippen molar-refractivity contribution in [1.29, 1.82) is 0 Å². The number of aromatic nitrogens is 1. The van der Waals surface area contributed by atoms with Gasteiger partial charge >= 0.3 is 12.2 Å². The predicted molar refractivity (Wildman–Crippen MR) is 143 cm³/mol. The van der Waals surface area contributed by atoms with Crippen LogP contribution in [-0.2, 0) is 9.47 Å². The van der Waals surface area contributed by atoms with Crippen molar-refractivity contribution in [3.63, 3.8) is 0 Å². The molecule has 2 amide bonds. The Balaban J connectivity index is 1.33. The van der Waals surface area contributed by atoms with Gasteiger partial charge in [-0.3, -0.25) is 0 Å². The standard InChI is InChI=1S/C28H35F3N4O5/c1-19-2-3-22(32-26(36)35-6-4-20(16-35)15-28(29,30)31)14-23(19)21-12-24(34-7-10-38-11-8-34)33-25(13-21)40-9-5-27(37)17-39-18-27/h2-3,12-14,20,37H,4-11,15-18H2,1H3,(H,32,36)/t20-/m0/s1. The van der Waals surface area contributed by atoms with Gasteiger partial charge in [-0.05, 0) is 54.2 Å². The minimum Gasteiger partial charge on any atom is -0.477 e. The van der Waals surface area contributed by atoms with E-state index in [4.69, 9.17) is 19.2 Å². The first-order valence-electron chi connectivity index (χ1n) is 13.6. The van der Waals surface area contributed by atoms with Crippen LogP contribution in [0.4, 0.5) is 29.5 Å². The normalized spacial score (nSPS) is 20.8. The molecule has 0 spiro atoms. The van der Waals surface area contributed by atoms with Crippen molar-refractivity contribution in [3.8, 4) is 17.0 Å². The van der Waals surface area contributed by atoms with Gasteiger partial charge < -0.3 is 34.4 Å². The smallest absolute Gasteiger partial charge is 0.389 e. The van der Waals surface area contributed by atoms with Gasteiger partial charge in [-0.15, -0.1) is 0 Å². The molecule has 0 bridgehead atoms. The Labute approximate surface area is 231 Å². The number of rotatable bonds is 8. The number of hydrogen-bond donors (Lipinski definition) is 2. The summed E-state index contributed by atoms with van der Waals surface area (Å²) in [5, 5.41) is 13.2. The van der Waals surface area contributed by atoms with Gasteiger partial charge in [0.15, 0.2) is 0 Å². The van der Waals surface area contributed by atoms with Crippen molar-refractivity contribution >= 4 is 17.5 Å². The second kappa shape index (κ2) is 11.8. The van der Waals surface area contributed by atoms with Gasteiger partial charge in [0.1, 0.15) is 11.4 Å². The van der Waals surface area contributed by atoms with E-state index in [1.54, 1.807) is 6.07 Å². The molecular formula is C28H35F3N4O5. The Hall–Kier alpha value is -3.09. The van der Waals surface area contributed by atoms with Crippen LogP contribution in [0.3, 0.4) is 0 Å². The van der Waals surface area contributed by atoms with E-state index in [0.29, 0.717) is 70.5 Å². The van der Waals surface area contributed by atoms with Crippen molar-refractivity contribution in [2.45, 2.75) is 38.0 Å². The molecule has 3 saturated heterocycles. The molecular weight excluding hydrogens is 529 g/mol. The lowest BCUT2D eigenvalue weighted by atomic mass is 9.99. The third-order valence-electron chi connectivity index (χ3n) is 7.58.